The van der Waals surface area contributed by atoms with Crippen molar-refractivity contribution in [1.82, 2.24) is 4.90 Å². The molecule has 0 fully saturated rings. The van der Waals surface area contributed by atoms with Gasteiger partial charge >= 0.3 is 0 Å². The van der Waals surface area contributed by atoms with E-state index in [4.69, 9.17) is 5.26 Å². The highest BCUT2D eigenvalue weighted by atomic mass is 16.6. The maximum absolute atomic E-state index is 12.4. The lowest BCUT2D eigenvalue weighted by molar-refractivity contribution is -0.384. The van der Waals surface area contributed by atoms with Gasteiger partial charge in [-0.2, -0.15) is 5.26 Å². The Hall–Kier alpha value is -2.62. The zero-order chi connectivity index (χ0) is 15.1. The van der Waals surface area contributed by atoms with Gasteiger partial charge in [-0.05, 0) is 13.0 Å². The van der Waals surface area contributed by atoms with Crippen molar-refractivity contribution in [3.63, 3.8) is 0 Å². The number of non-ortho nitro benzene ring substituents is 1. The van der Waals surface area contributed by atoms with Crippen LogP contribution >= 0.6 is 0 Å². The summed E-state index contributed by atoms with van der Waals surface area (Å²) in [5.41, 5.74) is 0.626. The molecule has 1 amide bonds. The number of nitro benzene ring substituents is 1. The average molecular weight is 276 g/mol. The first kappa shape index (κ1) is 15.4. The lowest BCUT2D eigenvalue weighted by Crippen LogP contribution is -2.32. The predicted octanol–water partition coefficient (Wildman–Crippen LogP) is 2.01. The molecule has 0 saturated carbocycles. The summed E-state index contributed by atoms with van der Waals surface area (Å²) in [6.07, 6.45) is 0.226. The van der Waals surface area contributed by atoms with Crippen molar-refractivity contribution >= 4 is 17.3 Å². The van der Waals surface area contributed by atoms with E-state index >= 15 is 0 Å². The van der Waals surface area contributed by atoms with Crippen LogP contribution in [0.3, 0.4) is 0 Å². The predicted molar refractivity (Wildman–Crippen MR) is 74.5 cm³/mol. The van der Waals surface area contributed by atoms with E-state index in [0.717, 1.165) is 0 Å². The van der Waals surface area contributed by atoms with Crippen LogP contribution in [-0.2, 0) is 0 Å². The minimum absolute atomic E-state index is 0.135. The molecule has 0 spiro atoms. The summed E-state index contributed by atoms with van der Waals surface area (Å²) >= 11 is 0. The lowest BCUT2D eigenvalue weighted by Gasteiger charge is -2.20. The Morgan fingerprint density at radius 2 is 2.25 bits per heavy atom. The number of rotatable bonds is 6. The van der Waals surface area contributed by atoms with E-state index < -0.39 is 4.92 Å². The van der Waals surface area contributed by atoms with Crippen LogP contribution in [0.1, 0.15) is 23.7 Å². The maximum Gasteiger partial charge on any atom is 0.270 e. The second-order valence-electron chi connectivity index (χ2n) is 4.03. The van der Waals surface area contributed by atoms with E-state index in [-0.39, 0.29) is 23.6 Å². The molecule has 1 aromatic rings. The van der Waals surface area contributed by atoms with Crippen molar-refractivity contribution in [3.05, 3.63) is 33.9 Å². The number of nitriles is 1. The van der Waals surface area contributed by atoms with Gasteiger partial charge in [-0.3, -0.25) is 14.9 Å². The third-order valence-corrected chi connectivity index (χ3v) is 2.88. The smallest absolute Gasteiger partial charge is 0.270 e. The van der Waals surface area contributed by atoms with E-state index in [9.17, 15) is 14.9 Å². The fourth-order valence-corrected chi connectivity index (χ4v) is 1.80. The van der Waals surface area contributed by atoms with E-state index in [1.807, 2.05) is 6.07 Å². The summed E-state index contributed by atoms with van der Waals surface area (Å²) in [6.45, 7) is 2.54. The molecule has 106 valence electrons. The van der Waals surface area contributed by atoms with Gasteiger partial charge in [0.05, 0.1) is 23.0 Å². The van der Waals surface area contributed by atoms with E-state index in [1.54, 1.807) is 14.0 Å². The monoisotopic (exact) mass is 276 g/mol. The Balaban J connectivity index is 3.14. The number of anilines is 1. The molecule has 0 heterocycles. The van der Waals surface area contributed by atoms with Gasteiger partial charge in [-0.15, -0.1) is 0 Å². The third kappa shape index (κ3) is 3.45. The number of amides is 1. The van der Waals surface area contributed by atoms with E-state index in [0.29, 0.717) is 18.8 Å². The third-order valence-electron chi connectivity index (χ3n) is 2.88. The number of nitrogens with one attached hydrogen (secondary N) is 1. The van der Waals surface area contributed by atoms with Crippen molar-refractivity contribution in [2.75, 3.05) is 25.5 Å². The van der Waals surface area contributed by atoms with Gasteiger partial charge in [0.25, 0.3) is 11.6 Å². The summed E-state index contributed by atoms with van der Waals surface area (Å²) in [5, 5.41) is 22.2. The highest BCUT2D eigenvalue weighted by Gasteiger charge is 2.20. The molecule has 0 radical (unpaired) electrons. The summed E-state index contributed by atoms with van der Waals surface area (Å²) in [6, 6.07) is 6.08. The van der Waals surface area contributed by atoms with Crippen LogP contribution in [0.25, 0.3) is 0 Å². The number of nitro groups is 1. The Bertz CT molecular complexity index is 551. The molecule has 20 heavy (non-hydrogen) atoms. The first-order valence-electron chi connectivity index (χ1n) is 6.17. The average Bonchev–Trinajstić information content (AvgIpc) is 2.46. The van der Waals surface area contributed by atoms with Crippen LogP contribution in [0.15, 0.2) is 18.2 Å². The highest BCUT2D eigenvalue weighted by Crippen LogP contribution is 2.23. The number of carbonyl (C=O) groups excluding carboxylic acids is 1. The summed E-state index contributed by atoms with van der Waals surface area (Å²) in [7, 11) is 1.64. The Morgan fingerprint density at radius 1 is 1.55 bits per heavy atom. The van der Waals surface area contributed by atoms with Crippen molar-refractivity contribution in [1.29, 1.82) is 5.26 Å². The van der Waals surface area contributed by atoms with Crippen LogP contribution in [0, 0.1) is 21.4 Å². The molecule has 0 saturated heterocycles. The molecule has 1 rings (SSSR count). The van der Waals surface area contributed by atoms with Crippen molar-refractivity contribution < 1.29 is 9.72 Å². The molecular weight excluding hydrogens is 260 g/mol. The number of nitrogens with zero attached hydrogens (tertiary/aromatic N) is 3. The van der Waals surface area contributed by atoms with Crippen molar-refractivity contribution in [2.24, 2.45) is 0 Å². The molecule has 7 nitrogen and oxygen atoms in total. The topological polar surface area (TPSA) is 99.3 Å². The first-order chi connectivity index (χ1) is 9.54. The van der Waals surface area contributed by atoms with Gasteiger partial charge in [0.2, 0.25) is 0 Å². The molecule has 0 aliphatic rings. The molecule has 0 atom stereocenters. The minimum atomic E-state index is -0.540. The van der Waals surface area contributed by atoms with E-state index in [2.05, 4.69) is 5.32 Å². The van der Waals surface area contributed by atoms with Crippen LogP contribution in [0.2, 0.25) is 0 Å². The lowest BCUT2D eigenvalue weighted by atomic mass is 10.1. The first-order valence-corrected chi connectivity index (χ1v) is 6.17. The van der Waals surface area contributed by atoms with Gasteiger partial charge in [0.15, 0.2) is 0 Å². The second kappa shape index (κ2) is 7.09. The molecule has 0 aromatic heterocycles. The Labute approximate surface area is 117 Å². The maximum atomic E-state index is 12.4. The van der Waals surface area contributed by atoms with Gasteiger partial charge in [-0.1, -0.05) is 0 Å². The van der Waals surface area contributed by atoms with Crippen LogP contribution < -0.4 is 5.32 Å². The molecule has 7 heteroatoms. The fourth-order valence-electron chi connectivity index (χ4n) is 1.80. The summed E-state index contributed by atoms with van der Waals surface area (Å²) < 4.78 is 0. The normalized spacial score (nSPS) is 9.65. The molecule has 0 unspecified atom stereocenters. The van der Waals surface area contributed by atoms with Crippen LogP contribution in [0.4, 0.5) is 11.4 Å². The molecular formula is C13H16N4O3. The highest BCUT2D eigenvalue weighted by molar-refractivity contribution is 6.00. The number of hydrogen-bond acceptors (Lipinski definition) is 5. The Morgan fingerprint density at radius 3 is 2.75 bits per heavy atom. The molecule has 1 N–H and O–H groups in total. The number of carbonyl (C=O) groups is 1. The van der Waals surface area contributed by atoms with Crippen molar-refractivity contribution in [3.8, 4) is 6.07 Å². The largest absolute Gasteiger partial charge is 0.387 e. The van der Waals surface area contributed by atoms with Gasteiger partial charge in [0, 0.05) is 38.0 Å². The zero-order valence-electron chi connectivity index (χ0n) is 11.4. The molecule has 1 aromatic carbocycles. The molecule has 0 aliphatic carbocycles. The number of hydrogen-bond donors (Lipinski definition) is 1. The second-order valence-corrected chi connectivity index (χ2v) is 4.03. The molecule has 0 aliphatic heterocycles. The SMILES string of the molecule is CCN(CCC#N)C(=O)c1cc([N+](=O)[O-])ccc1NC. The standard InChI is InChI=1S/C13H16N4O3/c1-3-16(8-4-7-14)13(18)11-9-10(17(19)20)5-6-12(11)15-2/h5-6,9,15H,3-4,8H2,1-2H3. The van der Waals surface area contributed by atoms with Crippen molar-refractivity contribution in [2.45, 2.75) is 13.3 Å². The quantitative estimate of drug-likeness (QED) is 0.633. The van der Waals surface area contributed by atoms with Gasteiger partial charge in [-0.25, -0.2) is 0 Å². The van der Waals surface area contributed by atoms with Crippen LogP contribution in [0.5, 0.6) is 0 Å². The summed E-state index contributed by atoms with van der Waals surface area (Å²) in [4.78, 5) is 24.1. The van der Waals surface area contributed by atoms with Gasteiger partial charge < -0.3 is 10.2 Å². The fraction of sp³-hybridized carbons (Fsp3) is 0.385. The minimum Gasteiger partial charge on any atom is -0.387 e. The zero-order valence-corrected chi connectivity index (χ0v) is 11.4. The number of benzene rings is 1. The van der Waals surface area contributed by atoms with E-state index in [1.165, 1.54) is 23.1 Å². The van der Waals surface area contributed by atoms with Gasteiger partial charge in [0.1, 0.15) is 0 Å². The Kier molecular flexibility index (Phi) is 5.47. The molecule has 0 bridgehead atoms. The summed E-state index contributed by atoms with van der Waals surface area (Å²) in [5.74, 6) is -0.323. The van der Waals surface area contributed by atoms with Crippen LogP contribution in [-0.4, -0.2) is 35.9 Å².